The highest BCUT2D eigenvalue weighted by Gasteiger charge is 2.28. The van der Waals surface area contributed by atoms with Gasteiger partial charge in [-0.25, -0.2) is 0 Å². The Morgan fingerprint density at radius 2 is 2.19 bits per heavy atom. The van der Waals surface area contributed by atoms with E-state index in [9.17, 15) is 4.79 Å². The SMILES string of the molecule is Cc1ccn(CCC(=O)N[C@@H]2CCOC[C@H]2Oc2ccc(CO)cc2)n1. The van der Waals surface area contributed by atoms with E-state index in [1.807, 2.05) is 43.5 Å². The zero-order valence-corrected chi connectivity index (χ0v) is 14.9. The van der Waals surface area contributed by atoms with Crippen LogP contribution in [0.5, 0.6) is 5.75 Å². The maximum Gasteiger partial charge on any atom is 0.222 e. The molecule has 0 radical (unpaired) electrons. The van der Waals surface area contributed by atoms with E-state index in [0.717, 1.165) is 11.3 Å². The van der Waals surface area contributed by atoms with Crippen molar-refractivity contribution in [2.75, 3.05) is 13.2 Å². The van der Waals surface area contributed by atoms with Crippen molar-refractivity contribution in [2.24, 2.45) is 0 Å². The molecule has 2 N–H and O–H groups in total. The second kappa shape index (κ2) is 8.82. The molecule has 0 unspecified atom stereocenters. The van der Waals surface area contributed by atoms with Crippen molar-refractivity contribution in [1.29, 1.82) is 0 Å². The van der Waals surface area contributed by atoms with Gasteiger partial charge in [0.2, 0.25) is 5.91 Å². The number of nitrogens with zero attached hydrogens (tertiary/aromatic N) is 2. The number of nitrogens with one attached hydrogen (secondary N) is 1. The van der Waals surface area contributed by atoms with Crippen molar-refractivity contribution in [2.45, 2.75) is 45.1 Å². The third kappa shape index (κ3) is 5.06. The number of carbonyl (C=O) groups is 1. The van der Waals surface area contributed by atoms with Crippen molar-refractivity contribution in [1.82, 2.24) is 15.1 Å². The molecule has 0 bridgehead atoms. The lowest BCUT2D eigenvalue weighted by Gasteiger charge is -2.32. The molecular weight excluding hydrogens is 334 g/mol. The van der Waals surface area contributed by atoms with Gasteiger partial charge in [0, 0.05) is 25.8 Å². The number of aliphatic hydroxyl groups is 1. The van der Waals surface area contributed by atoms with Crippen molar-refractivity contribution in [3.63, 3.8) is 0 Å². The van der Waals surface area contributed by atoms with Crippen molar-refractivity contribution in [3.8, 4) is 5.75 Å². The van der Waals surface area contributed by atoms with Gasteiger partial charge < -0.3 is 19.9 Å². The highest BCUT2D eigenvalue weighted by molar-refractivity contribution is 5.76. The van der Waals surface area contributed by atoms with Gasteiger partial charge in [0.05, 0.1) is 24.9 Å². The predicted octanol–water partition coefficient (Wildman–Crippen LogP) is 1.43. The normalized spacial score (nSPS) is 19.9. The Bertz CT molecular complexity index is 714. The van der Waals surface area contributed by atoms with Crippen LogP contribution in [0.4, 0.5) is 0 Å². The summed E-state index contributed by atoms with van der Waals surface area (Å²) in [5, 5.41) is 16.5. The summed E-state index contributed by atoms with van der Waals surface area (Å²) in [6.07, 6.45) is 2.72. The van der Waals surface area contributed by atoms with Crippen LogP contribution >= 0.6 is 0 Å². The van der Waals surface area contributed by atoms with Gasteiger partial charge in [0.25, 0.3) is 0 Å². The number of hydrogen-bond donors (Lipinski definition) is 2. The highest BCUT2D eigenvalue weighted by atomic mass is 16.5. The van der Waals surface area contributed by atoms with Gasteiger partial charge in [-0.2, -0.15) is 5.10 Å². The van der Waals surface area contributed by atoms with Gasteiger partial charge in [-0.15, -0.1) is 0 Å². The summed E-state index contributed by atoms with van der Waals surface area (Å²) in [4.78, 5) is 12.3. The molecule has 3 rings (SSSR count). The summed E-state index contributed by atoms with van der Waals surface area (Å²) >= 11 is 0. The fourth-order valence-corrected chi connectivity index (χ4v) is 2.92. The van der Waals surface area contributed by atoms with Crippen LogP contribution in [0.15, 0.2) is 36.5 Å². The number of carbonyl (C=O) groups excluding carboxylic acids is 1. The highest BCUT2D eigenvalue weighted by Crippen LogP contribution is 2.19. The van der Waals surface area contributed by atoms with Crippen LogP contribution in [-0.4, -0.2) is 46.2 Å². The second-order valence-corrected chi connectivity index (χ2v) is 6.47. The first-order chi connectivity index (χ1) is 12.6. The van der Waals surface area contributed by atoms with E-state index in [0.29, 0.717) is 38.3 Å². The van der Waals surface area contributed by atoms with Gasteiger partial charge in [-0.1, -0.05) is 12.1 Å². The molecule has 140 valence electrons. The van der Waals surface area contributed by atoms with Crippen LogP contribution in [0, 0.1) is 6.92 Å². The molecule has 2 atom stereocenters. The monoisotopic (exact) mass is 359 g/mol. The molecule has 1 aromatic heterocycles. The van der Waals surface area contributed by atoms with E-state index < -0.39 is 0 Å². The fourth-order valence-electron chi connectivity index (χ4n) is 2.92. The molecule has 0 aliphatic carbocycles. The molecule has 1 aliphatic heterocycles. The lowest BCUT2D eigenvalue weighted by atomic mass is 10.1. The number of rotatable bonds is 7. The third-order valence-electron chi connectivity index (χ3n) is 4.39. The van der Waals surface area contributed by atoms with Crippen molar-refractivity contribution >= 4 is 5.91 Å². The summed E-state index contributed by atoms with van der Waals surface area (Å²) in [6.45, 7) is 3.52. The fraction of sp³-hybridized carbons (Fsp3) is 0.474. The largest absolute Gasteiger partial charge is 0.486 e. The quantitative estimate of drug-likeness (QED) is 0.781. The molecule has 7 nitrogen and oxygen atoms in total. The molecule has 2 aromatic rings. The maximum atomic E-state index is 12.3. The van der Waals surface area contributed by atoms with Crippen molar-refractivity contribution < 1.29 is 19.4 Å². The van der Waals surface area contributed by atoms with Gasteiger partial charge in [-0.05, 0) is 37.1 Å². The molecule has 1 aliphatic rings. The van der Waals surface area contributed by atoms with Crippen LogP contribution in [0.1, 0.15) is 24.1 Å². The van der Waals surface area contributed by atoms with Crippen LogP contribution in [-0.2, 0) is 22.7 Å². The Hall–Kier alpha value is -2.38. The number of hydrogen-bond acceptors (Lipinski definition) is 5. The van der Waals surface area contributed by atoms with Gasteiger partial charge in [0.15, 0.2) is 0 Å². The second-order valence-electron chi connectivity index (χ2n) is 6.47. The average Bonchev–Trinajstić information content (AvgIpc) is 3.08. The van der Waals surface area contributed by atoms with E-state index in [1.165, 1.54) is 0 Å². The Kier molecular flexibility index (Phi) is 6.25. The molecular formula is C19H25N3O4. The Morgan fingerprint density at radius 3 is 2.88 bits per heavy atom. The van der Waals surface area contributed by atoms with E-state index in [1.54, 1.807) is 4.68 Å². The first kappa shape index (κ1) is 18.4. The summed E-state index contributed by atoms with van der Waals surface area (Å²) in [7, 11) is 0. The van der Waals surface area contributed by atoms with Gasteiger partial charge in [0.1, 0.15) is 11.9 Å². The lowest BCUT2D eigenvalue weighted by Crippen LogP contribution is -2.51. The number of benzene rings is 1. The lowest BCUT2D eigenvalue weighted by molar-refractivity contribution is -0.124. The number of aromatic nitrogens is 2. The van der Waals surface area contributed by atoms with Crippen LogP contribution in [0.3, 0.4) is 0 Å². The number of amides is 1. The minimum absolute atomic E-state index is 0.00127. The summed E-state index contributed by atoms with van der Waals surface area (Å²) in [6, 6.07) is 9.10. The minimum atomic E-state index is -0.236. The predicted molar refractivity (Wildman–Crippen MR) is 95.7 cm³/mol. The topological polar surface area (TPSA) is 85.6 Å². The maximum absolute atomic E-state index is 12.3. The van der Waals surface area contributed by atoms with Crippen LogP contribution in [0.25, 0.3) is 0 Å². The molecule has 1 amide bonds. The Labute approximate surface area is 152 Å². The molecule has 0 spiro atoms. The third-order valence-corrected chi connectivity index (χ3v) is 4.39. The number of ether oxygens (including phenoxy) is 2. The smallest absolute Gasteiger partial charge is 0.222 e. The Morgan fingerprint density at radius 1 is 1.38 bits per heavy atom. The summed E-state index contributed by atoms with van der Waals surface area (Å²) in [5.74, 6) is 0.679. The number of aryl methyl sites for hydroxylation is 2. The Balaban J connectivity index is 1.53. The van der Waals surface area contributed by atoms with E-state index in [-0.39, 0.29) is 24.7 Å². The summed E-state index contributed by atoms with van der Waals surface area (Å²) in [5.41, 5.74) is 1.77. The van der Waals surface area contributed by atoms with E-state index in [2.05, 4.69) is 10.4 Å². The number of aliphatic hydroxyl groups excluding tert-OH is 1. The zero-order valence-electron chi connectivity index (χ0n) is 14.9. The molecule has 7 heteroatoms. The molecule has 1 aromatic carbocycles. The molecule has 0 saturated carbocycles. The molecule has 26 heavy (non-hydrogen) atoms. The van der Waals surface area contributed by atoms with Gasteiger partial charge in [-0.3, -0.25) is 9.48 Å². The van der Waals surface area contributed by atoms with Crippen molar-refractivity contribution in [3.05, 3.63) is 47.8 Å². The molecule has 1 fully saturated rings. The minimum Gasteiger partial charge on any atom is -0.486 e. The zero-order chi connectivity index (χ0) is 18.4. The van der Waals surface area contributed by atoms with E-state index >= 15 is 0 Å². The van der Waals surface area contributed by atoms with Crippen LogP contribution < -0.4 is 10.1 Å². The molecule has 2 heterocycles. The van der Waals surface area contributed by atoms with E-state index in [4.69, 9.17) is 14.6 Å². The van der Waals surface area contributed by atoms with Crippen LogP contribution in [0.2, 0.25) is 0 Å². The van der Waals surface area contributed by atoms with Gasteiger partial charge >= 0.3 is 0 Å². The standard InChI is InChI=1S/C19H25N3O4/c1-14-6-9-22(21-14)10-7-19(24)20-17-8-11-25-13-18(17)26-16-4-2-15(12-23)3-5-16/h2-6,9,17-18,23H,7-8,10-13H2,1H3,(H,20,24)/t17-,18-/m1/s1. The summed E-state index contributed by atoms with van der Waals surface area (Å²) < 4.78 is 13.3. The molecule has 1 saturated heterocycles. The first-order valence-electron chi connectivity index (χ1n) is 8.87. The average molecular weight is 359 g/mol. The first-order valence-corrected chi connectivity index (χ1v) is 8.87.